The first-order valence-corrected chi connectivity index (χ1v) is 33.4. The van der Waals surface area contributed by atoms with Crippen molar-refractivity contribution in [1.29, 1.82) is 0 Å². The quantitative estimate of drug-likeness (QED) is 0.0261. The highest BCUT2D eigenvalue weighted by molar-refractivity contribution is 5.71. The second kappa shape index (κ2) is 65.4. The van der Waals surface area contributed by atoms with E-state index >= 15 is 0 Å². The first-order valence-electron chi connectivity index (χ1n) is 33.4. The molecule has 1 atom stereocenters. The van der Waals surface area contributed by atoms with Crippen molar-refractivity contribution in [1.82, 2.24) is 0 Å². The van der Waals surface area contributed by atoms with Crippen LogP contribution in [-0.4, -0.2) is 37.2 Å². The normalized spacial score (nSPS) is 12.5. The zero-order valence-corrected chi connectivity index (χ0v) is 51.2. The van der Waals surface area contributed by atoms with Gasteiger partial charge < -0.3 is 14.2 Å². The Labute approximate surface area is 478 Å². The lowest BCUT2D eigenvalue weighted by Gasteiger charge is -2.18. The minimum atomic E-state index is -0.787. The van der Waals surface area contributed by atoms with Crippen molar-refractivity contribution >= 4 is 17.9 Å². The zero-order valence-electron chi connectivity index (χ0n) is 51.2. The van der Waals surface area contributed by atoms with Gasteiger partial charge in [-0.25, -0.2) is 0 Å². The van der Waals surface area contributed by atoms with E-state index < -0.39 is 6.10 Å². The van der Waals surface area contributed by atoms with E-state index in [1.165, 1.54) is 205 Å². The molecule has 0 spiro atoms. The Morgan fingerprint density at radius 3 is 0.727 bits per heavy atom. The van der Waals surface area contributed by atoms with Gasteiger partial charge >= 0.3 is 17.9 Å². The van der Waals surface area contributed by atoms with Crippen LogP contribution in [0.4, 0.5) is 0 Å². The van der Waals surface area contributed by atoms with E-state index in [1.807, 2.05) is 0 Å². The van der Waals surface area contributed by atoms with Gasteiger partial charge in [-0.3, -0.25) is 14.4 Å². The predicted molar refractivity (Wildman–Crippen MR) is 335 cm³/mol. The number of esters is 3. The van der Waals surface area contributed by atoms with Crippen LogP contribution in [0.5, 0.6) is 0 Å². The van der Waals surface area contributed by atoms with Crippen molar-refractivity contribution in [2.45, 2.75) is 348 Å². The molecule has 0 aliphatic heterocycles. The third-order valence-corrected chi connectivity index (χ3v) is 14.7. The number of unbranched alkanes of at least 4 members (excludes halogenated alkanes) is 38. The third-order valence-electron chi connectivity index (χ3n) is 14.7. The molecule has 0 rings (SSSR count). The first-order chi connectivity index (χ1) is 38.0. The average molecular weight is 1080 g/mol. The summed E-state index contributed by atoms with van der Waals surface area (Å²) in [7, 11) is 0. The number of carbonyl (C=O) groups excluding carboxylic acids is 3. The van der Waals surface area contributed by atoms with Crippen molar-refractivity contribution in [2.75, 3.05) is 13.2 Å². The molecule has 6 nitrogen and oxygen atoms in total. The lowest BCUT2D eigenvalue weighted by Crippen LogP contribution is -2.30. The van der Waals surface area contributed by atoms with Crippen LogP contribution >= 0.6 is 0 Å². The molecule has 0 radical (unpaired) electrons. The molecule has 0 amide bonds. The van der Waals surface area contributed by atoms with Crippen molar-refractivity contribution in [2.24, 2.45) is 0 Å². The van der Waals surface area contributed by atoms with Crippen molar-refractivity contribution < 1.29 is 28.6 Å². The monoisotopic (exact) mass is 1070 g/mol. The fraction of sp³-hybridized carbons (Fsp3) is 0.789. The van der Waals surface area contributed by atoms with Crippen LogP contribution in [0.25, 0.3) is 0 Å². The summed E-state index contributed by atoms with van der Waals surface area (Å²) < 4.78 is 16.9. The van der Waals surface area contributed by atoms with Crippen LogP contribution in [0, 0.1) is 0 Å². The molecule has 0 N–H and O–H groups in total. The van der Waals surface area contributed by atoms with E-state index in [9.17, 15) is 14.4 Å². The largest absolute Gasteiger partial charge is 0.462 e. The van der Waals surface area contributed by atoms with Crippen molar-refractivity contribution in [3.8, 4) is 0 Å². The minimum absolute atomic E-state index is 0.0819. The molecule has 0 saturated heterocycles. The molecule has 0 aromatic heterocycles. The molecule has 0 aromatic rings. The molecular weight excluding hydrogens is 949 g/mol. The summed E-state index contributed by atoms with van der Waals surface area (Å²) >= 11 is 0. The molecule has 0 aliphatic carbocycles. The van der Waals surface area contributed by atoms with Gasteiger partial charge in [0.2, 0.25) is 0 Å². The zero-order chi connectivity index (χ0) is 55.7. The lowest BCUT2D eigenvalue weighted by molar-refractivity contribution is -0.167. The molecule has 77 heavy (non-hydrogen) atoms. The summed E-state index contributed by atoms with van der Waals surface area (Å²) in [6.45, 7) is 6.62. The summed E-state index contributed by atoms with van der Waals surface area (Å²) in [4.78, 5) is 38.4. The van der Waals surface area contributed by atoms with Gasteiger partial charge in [0.1, 0.15) is 13.2 Å². The number of rotatable bonds is 61. The number of hydrogen-bond donors (Lipinski definition) is 0. The van der Waals surface area contributed by atoms with Gasteiger partial charge in [0.15, 0.2) is 6.10 Å². The fourth-order valence-electron chi connectivity index (χ4n) is 9.59. The van der Waals surface area contributed by atoms with Crippen LogP contribution < -0.4 is 0 Å². The SMILES string of the molecule is CCCCCC/C=C\C/C=C\CCCCCCCCCC(=O)OC(COC(=O)CCCCCCC/C=C\C/C=C\CCCCCC)COC(=O)CCCCCCCCCCCCCCC/C=C\C/C=C\CCCCCCC. The summed E-state index contributed by atoms with van der Waals surface area (Å²) in [5.74, 6) is -0.888. The van der Waals surface area contributed by atoms with Crippen LogP contribution in [0.2, 0.25) is 0 Å². The summed E-state index contributed by atoms with van der Waals surface area (Å²) in [6.07, 6.45) is 84.8. The summed E-state index contributed by atoms with van der Waals surface area (Å²) in [5.41, 5.74) is 0. The predicted octanol–water partition coefficient (Wildman–Crippen LogP) is 22.9. The Balaban J connectivity index is 4.34. The van der Waals surface area contributed by atoms with E-state index in [0.717, 1.165) is 96.3 Å². The smallest absolute Gasteiger partial charge is 0.306 e. The second-order valence-electron chi connectivity index (χ2n) is 22.4. The first kappa shape index (κ1) is 73.8. The Morgan fingerprint density at radius 2 is 0.468 bits per heavy atom. The van der Waals surface area contributed by atoms with Gasteiger partial charge in [-0.1, -0.05) is 280 Å². The molecule has 0 heterocycles. The molecule has 1 unspecified atom stereocenters. The maximum absolute atomic E-state index is 12.9. The van der Waals surface area contributed by atoms with E-state index in [2.05, 4.69) is 93.7 Å². The molecule has 6 heteroatoms. The van der Waals surface area contributed by atoms with E-state index in [1.54, 1.807) is 0 Å². The van der Waals surface area contributed by atoms with Gasteiger partial charge in [-0.15, -0.1) is 0 Å². The Bertz CT molecular complexity index is 1420. The Hall–Kier alpha value is -3.15. The van der Waals surface area contributed by atoms with Crippen LogP contribution in [0.15, 0.2) is 72.9 Å². The molecule has 0 aliphatic rings. The van der Waals surface area contributed by atoms with Crippen molar-refractivity contribution in [3.05, 3.63) is 72.9 Å². The average Bonchev–Trinajstić information content (AvgIpc) is 3.43. The fourth-order valence-corrected chi connectivity index (χ4v) is 9.59. The van der Waals surface area contributed by atoms with Gasteiger partial charge in [0.05, 0.1) is 0 Å². The number of ether oxygens (including phenoxy) is 3. The number of allylic oxidation sites excluding steroid dienone is 12. The maximum atomic E-state index is 12.9. The maximum Gasteiger partial charge on any atom is 0.306 e. The van der Waals surface area contributed by atoms with E-state index in [4.69, 9.17) is 14.2 Å². The molecular formula is C71H126O6. The van der Waals surface area contributed by atoms with Gasteiger partial charge in [-0.05, 0) is 116 Å². The number of hydrogen-bond acceptors (Lipinski definition) is 6. The molecule has 0 aromatic carbocycles. The Morgan fingerprint density at radius 1 is 0.260 bits per heavy atom. The number of carbonyl (C=O) groups is 3. The molecule has 0 saturated carbocycles. The van der Waals surface area contributed by atoms with Crippen LogP contribution in [0.3, 0.4) is 0 Å². The van der Waals surface area contributed by atoms with Crippen LogP contribution in [-0.2, 0) is 28.6 Å². The van der Waals surface area contributed by atoms with Gasteiger partial charge in [0.25, 0.3) is 0 Å². The molecule has 0 fully saturated rings. The molecule has 446 valence electrons. The van der Waals surface area contributed by atoms with Gasteiger partial charge in [-0.2, -0.15) is 0 Å². The summed E-state index contributed by atoms with van der Waals surface area (Å²) in [5, 5.41) is 0. The standard InChI is InChI=1S/C71H126O6/c1-4-7-10-13-16-19-22-25-28-31-33-34-35-36-37-38-39-41-43-46-49-52-55-58-61-64-70(73)76-67-68(66-75-69(72)63-60-57-54-51-48-45-42-30-27-24-21-18-15-12-9-6-3)77-71(74)65-62-59-56-53-50-47-44-40-32-29-26-23-20-17-14-11-8-5-2/h20-25,29-33,42,68H,4-19,26-28,34-41,43-67H2,1-3H3/b23-20-,24-21-,25-22-,32-29-,33-31-,42-30-. The highest BCUT2D eigenvalue weighted by Crippen LogP contribution is 2.16. The van der Waals surface area contributed by atoms with Gasteiger partial charge in [0, 0.05) is 19.3 Å². The Kier molecular flexibility index (Phi) is 62.7. The topological polar surface area (TPSA) is 78.9 Å². The highest BCUT2D eigenvalue weighted by Gasteiger charge is 2.19. The lowest BCUT2D eigenvalue weighted by atomic mass is 10.0. The van der Waals surface area contributed by atoms with E-state index in [0.29, 0.717) is 19.3 Å². The highest BCUT2D eigenvalue weighted by atomic mass is 16.6. The summed E-state index contributed by atoms with van der Waals surface area (Å²) in [6, 6.07) is 0. The van der Waals surface area contributed by atoms with Crippen molar-refractivity contribution in [3.63, 3.8) is 0 Å². The van der Waals surface area contributed by atoms with Crippen LogP contribution in [0.1, 0.15) is 342 Å². The third kappa shape index (κ3) is 63.6. The second-order valence-corrected chi connectivity index (χ2v) is 22.4. The van der Waals surface area contributed by atoms with E-state index in [-0.39, 0.29) is 31.1 Å². The molecule has 0 bridgehead atoms. The minimum Gasteiger partial charge on any atom is -0.462 e.